The zero-order chi connectivity index (χ0) is 22.6. The van der Waals surface area contributed by atoms with Gasteiger partial charge in [-0.05, 0) is 49.2 Å². The number of nitrogens with one attached hydrogen (secondary N) is 2. The zero-order valence-electron chi connectivity index (χ0n) is 16.8. The van der Waals surface area contributed by atoms with Crippen LogP contribution in [0.1, 0.15) is 23.2 Å². The summed E-state index contributed by atoms with van der Waals surface area (Å²) in [6.07, 6.45) is 1.52. The van der Waals surface area contributed by atoms with Crippen LogP contribution in [0, 0.1) is 0 Å². The summed E-state index contributed by atoms with van der Waals surface area (Å²) in [6.45, 7) is -0.594. The number of carbonyl (C=O) groups excluding carboxylic acids is 2. The molecule has 1 saturated carbocycles. The van der Waals surface area contributed by atoms with Crippen molar-refractivity contribution in [2.75, 3.05) is 26.1 Å². The molecule has 11 heteroatoms. The first-order valence-corrected chi connectivity index (χ1v) is 11.1. The maximum atomic E-state index is 12.6. The van der Waals surface area contributed by atoms with Gasteiger partial charge in [0.25, 0.3) is 5.91 Å². The van der Waals surface area contributed by atoms with Crippen molar-refractivity contribution < 1.29 is 32.2 Å². The number of halogens is 1. The molecular weight excluding hydrogens is 448 g/mol. The molecule has 0 bridgehead atoms. The lowest BCUT2D eigenvalue weighted by molar-refractivity contribution is -0.119. The molecular formula is C20H21ClN2O7S. The van der Waals surface area contributed by atoms with E-state index >= 15 is 0 Å². The quantitative estimate of drug-likeness (QED) is 0.542. The van der Waals surface area contributed by atoms with Crippen LogP contribution in [0.3, 0.4) is 0 Å². The first-order valence-electron chi connectivity index (χ1n) is 9.24. The highest BCUT2D eigenvalue weighted by molar-refractivity contribution is 7.89. The Morgan fingerprint density at radius 1 is 1.06 bits per heavy atom. The van der Waals surface area contributed by atoms with Gasteiger partial charge in [0.15, 0.2) is 6.61 Å². The number of anilines is 1. The first-order chi connectivity index (χ1) is 14.7. The minimum absolute atomic E-state index is 0.0369. The van der Waals surface area contributed by atoms with Gasteiger partial charge in [-0.1, -0.05) is 11.6 Å². The minimum Gasteiger partial charge on any atom is -0.495 e. The molecule has 0 radical (unpaired) electrons. The van der Waals surface area contributed by atoms with E-state index in [-0.39, 0.29) is 22.3 Å². The van der Waals surface area contributed by atoms with Gasteiger partial charge >= 0.3 is 5.97 Å². The molecule has 0 spiro atoms. The molecule has 3 rings (SSSR count). The molecule has 0 heterocycles. The second-order valence-corrected chi connectivity index (χ2v) is 8.85. The van der Waals surface area contributed by atoms with Gasteiger partial charge in [0.1, 0.15) is 16.4 Å². The van der Waals surface area contributed by atoms with E-state index in [1.807, 2.05) is 0 Å². The summed E-state index contributed by atoms with van der Waals surface area (Å²) in [7, 11) is -1.10. The fourth-order valence-corrected chi connectivity index (χ4v) is 4.35. The number of esters is 1. The van der Waals surface area contributed by atoms with Gasteiger partial charge < -0.3 is 19.5 Å². The van der Waals surface area contributed by atoms with E-state index in [1.165, 1.54) is 32.4 Å². The Balaban J connectivity index is 1.68. The van der Waals surface area contributed by atoms with Crippen LogP contribution in [-0.2, 0) is 19.6 Å². The number of carbonyl (C=O) groups is 2. The van der Waals surface area contributed by atoms with E-state index in [2.05, 4.69) is 10.0 Å². The highest BCUT2D eigenvalue weighted by Gasteiger charge is 2.30. The Kier molecular flexibility index (Phi) is 7.04. The molecule has 0 unspecified atom stereocenters. The van der Waals surface area contributed by atoms with Crippen molar-refractivity contribution >= 4 is 39.2 Å². The van der Waals surface area contributed by atoms with Gasteiger partial charge in [-0.3, -0.25) is 4.79 Å². The topological polar surface area (TPSA) is 120 Å². The third-order valence-electron chi connectivity index (χ3n) is 4.36. The molecule has 1 fully saturated rings. The molecule has 2 aromatic carbocycles. The maximum Gasteiger partial charge on any atom is 0.338 e. The van der Waals surface area contributed by atoms with Crippen LogP contribution in [0.4, 0.5) is 5.69 Å². The average Bonchev–Trinajstić information content (AvgIpc) is 3.55. The van der Waals surface area contributed by atoms with Crippen LogP contribution in [0.15, 0.2) is 41.3 Å². The van der Waals surface area contributed by atoms with Gasteiger partial charge in [-0.25, -0.2) is 17.9 Å². The molecule has 166 valence electrons. The smallest absolute Gasteiger partial charge is 0.338 e. The van der Waals surface area contributed by atoms with Crippen LogP contribution in [0.25, 0.3) is 0 Å². The molecule has 31 heavy (non-hydrogen) atoms. The van der Waals surface area contributed by atoms with E-state index in [1.54, 1.807) is 12.1 Å². The standard InChI is InChI=1S/C20H21ClN2O7S/c1-28-16-8-4-13(21)10-15(16)22-19(24)11-30-20(25)12-3-7-17(29-2)18(9-12)31(26,27)23-14-5-6-14/h3-4,7-10,14,23H,5-6,11H2,1-2H3,(H,22,24). The lowest BCUT2D eigenvalue weighted by Gasteiger charge is -2.13. The SMILES string of the molecule is COc1ccc(Cl)cc1NC(=O)COC(=O)c1ccc(OC)c(S(=O)(=O)NC2CC2)c1. The number of ether oxygens (including phenoxy) is 3. The number of benzene rings is 2. The predicted molar refractivity (Wildman–Crippen MR) is 113 cm³/mol. The molecule has 1 amide bonds. The number of methoxy groups -OCH3 is 2. The lowest BCUT2D eigenvalue weighted by Crippen LogP contribution is -2.26. The van der Waals surface area contributed by atoms with Gasteiger partial charge in [0.2, 0.25) is 10.0 Å². The maximum absolute atomic E-state index is 12.6. The van der Waals surface area contributed by atoms with Crippen LogP contribution in [-0.4, -0.2) is 47.2 Å². The first kappa shape index (κ1) is 22.9. The van der Waals surface area contributed by atoms with Crippen molar-refractivity contribution in [3.05, 3.63) is 47.0 Å². The molecule has 1 aliphatic rings. The Morgan fingerprint density at radius 2 is 1.74 bits per heavy atom. The molecule has 0 saturated heterocycles. The minimum atomic E-state index is -3.87. The summed E-state index contributed by atoms with van der Waals surface area (Å²) in [6, 6.07) is 8.43. The van der Waals surface area contributed by atoms with Crippen molar-refractivity contribution in [3.8, 4) is 11.5 Å². The second-order valence-electron chi connectivity index (χ2n) is 6.73. The number of hydrogen-bond donors (Lipinski definition) is 2. The number of amides is 1. The average molecular weight is 469 g/mol. The fourth-order valence-electron chi connectivity index (χ4n) is 2.68. The Labute approximate surface area is 184 Å². The van der Waals surface area contributed by atoms with E-state index in [0.29, 0.717) is 16.5 Å². The largest absolute Gasteiger partial charge is 0.495 e. The Morgan fingerprint density at radius 3 is 2.39 bits per heavy atom. The molecule has 0 aliphatic heterocycles. The normalized spacial score (nSPS) is 13.4. The molecule has 2 aromatic rings. The highest BCUT2D eigenvalue weighted by atomic mass is 35.5. The highest BCUT2D eigenvalue weighted by Crippen LogP contribution is 2.29. The Bertz CT molecular complexity index is 1100. The van der Waals surface area contributed by atoms with Crippen molar-refractivity contribution in [2.24, 2.45) is 0 Å². The summed E-state index contributed by atoms with van der Waals surface area (Å²) in [5.74, 6) is -1.00. The van der Waals surface area contributed by atoms with Gasteiger partial charge in [-0.2, -0.15) is 0 Å². The lowest BCUT2D eigenvalue weighted by atomic mass is 10.2. The Hall–Kier alpha value is -2.82. The van der Waals surface area contributed by atoms with Crippen LogP contribution in [0.2, 0.25) is 5.02 Å². The van der Waals surface area contributed by atoms with Gasteiger partial charge in [0, 0.05) is 11.1 Å². The van der Waals surface area contributed by atoms with Crippen molar-refractivity contribution in [3.63, 3.8) is 0 Å². The van der Waals surface area contributed by atoms with E-state index in [9.17, 15) is 18.0 Å². The molecule has 2 N–H and O–H groups in total. The number of rotatable bonds is 9. The fraction of sp³-hybridized carbons (Fsp3) is 0.300. The van der Waals surface area contributed by atoms with Crippen molar-refractivity contribution in [2.45, 2.75) is 23.8 Å². The van der Waals surface area contributed by atoms with Gasteiger partial charge in [0.05, 0.1) is 25.5 Å². The summed E-state index contributed by atoms with van der Waals surface area (Å²) < 4.78 is 42.9. The molecule has 1 aliphatic carbocycles. The third kappa shape index (κ3) is 5.87. The third-order valence-corrected chi connectivity index (χ3v) is 6.13. The summed E-state index contributed by atoms with van der Waals surface area (Å²) >= 11 is 5.92. The second kappa shape index (κ2) is 9.54. The van der Waals surface area contributed by atoms with Crippen molar-refractivity contribution in [1.29, 1.82) is 0 Å². The summed E-state index contributed by atoms with van der Waals surface area (Å²) in [5.41, 5.74) is 0.283. The number of hydrogen-bond acceptors (Lipinski definition) is 7. The summed E-state index contributed by atoms with van der Waals surface area (Å²) in [5, 5.41) is 2.93. The van der Waals surface area contributed by atoms with Gasteiger partial charge in [-0.15, -0.1) is 0 Å². The monoisotopic (exact) mass is 468 g/mol. The van der Waals surface area contributed by atoms with Crippen LogP contribution in [0.5, 0.6) is 11.5 Å². The van der Waals surface area contributed by atoms with Crippen LogP contribution < -0.4 is 19.5 Å². The van der Waals surface area contributed by atoms with Crippen molar-refractivity contribution in [1.82, 2.24) is 4.72 Å². The molecule has 9 nitrogen and oxygen atoms in total. The summed E-state index contributed by atoms with van der Waals surface area (Å²) in [4.78, 5) is 24.4. The van der Waals surface area contributed by atoms with E-state index in [4.69, 9.17) is 25.8 Å². The van der Waals surface area contributed by atoms with Crippen LogP contribution >= 0.6 is 11.6 Å². The molecule has 0 atom stereocenters. The zero-order valence-corrected chi connectivity index (χ0v) is 18.4. The number of sulfonamides is 1. The van der Waals surface area contributed by atoms with E-state index in [0.717, 1.165) is 18.9 Å². The predicted octanol–water partition coefficient (Wildman–Crippen LogP) is 2.59. The molecule has 0 aromatic heterocycles. The van der Waals surface area contributed by atoms with E-state index < -0.39 is 28.5 Å².